The zero-order chi connectivity index (χ0) is 18.8. The van der Waals surface area contributed by atoms with Gasteiger partial charge in [0, 0.05) is 37.8 Å². The molecule has 2 aliphatic heterocycles. The van der Waals surface area contributed by atoms with Crippen LogP contribution in [0.4, 0.5) is 11.5 Å². The third-order valence-corrected chi connectivity index (χ3v) is 5.47. The van der Waals surface area contributed by atoms with Crippen molar-refractivity contribution in [1.82, 2.24) is 9.97 Å². The maximum atomic E-state index is 11.5. The molecule has 27 heavy (non-hydrogen) atoms. The van der Waals surface area contributed by atoms with Gasteiger partial charge >= 0.3 is 0 Å². The lowest BCUT2D eigenvalue weighted by molar-refractivity contribution is -0.116. The van der Waals surface area contributed by atoms with Crippen LogP contribution in [0.25, 0.3) is 0 Å². The van der Waals surface area contributed by atoms with E-state index in [4.69, 9.17) is 4.74 Å². The number of aryl methyl sites for hydroxylation is 1. The van der Waals surface area contributed by atoms with E-state index in [2.05, 4.69) is 20.2 Å². The maximum absolute atomic E-state index is 11.5. The highest BCUT2D eigenvalue weighted by molar-refractivity contribution is 7.98. The normalized spacial score (nSPS) is 22.1. The van der Waals surface area contributed by atoms with E-state index in [0.717, 1.165) is 34.5 Å². The average molecular weight is 386 g/mol. The van der Waals surface area contributed by atoms with E-state index in [1.54, 1.807) is 6.20 Å². The lowest BCUT2D eigenvalue weighted by Gasteiger charge is -2.36. The van der Waals surface area contributed by atoms with Gasteiger partial charge in [0.05, 0.1) is 0 Å². The van der Waals surface area contributed by atoms with E-state index in [1.165, 1.54) is 11.8 Å². The van der Waals surface area contributed by atoms with Crippen molar-refractivity contribution in [2.24, 2.45) is 0 Å². The molecule has 2 aromatic rings. The number of ether oxygens (including phenoxy) is 1. The Balaban J connectivity index is 1.41. The zero-order valence-corrected chi connectivity index (χ0v) is 15.9. The minimum absolute atomic E-state index is 0.0494. The van der Waals surface area contributed by atoms with E-state index in [9.17, 15) is 9.90 Å². The second kappa shape index (κ2) is 7.74. The summed E-state index contributed by atoms with van der Waals surface area (Å²) in [5.74, 6) is 1.61. The van der Waals surface area contributed by atoms with E-state index in [-0.39, 0.29) is 12.0 Å². The molecule has 4 rings (SSSR count). The Morgan fingerprint density at radius 2 is 2.22 bits per heavy atom. The molecule has 1 saturated heterocycles. The van der Waals surface area contributed by atoms with Crippen molar-refractivity contribution < 1.29 is 14.6 Å². The summed E-state index contributed by atoms with van der Waals surface area (Å²) in [6.45, 7) is 1.23. The number of rotatable bonds is 4. The van der Waals surface area contributed by atoms with Crippen LogP contribution in [0.5, 0.6) is 5.75 Å². The van der Waals surface area contributed by atoms with Crippen LogP contribution in [0.3, 0.4) is 0 Å². The molecule has 0 saturated carbocycles. The van der Waals surface area contributed by atoms with Crippen molar-refractivity contribution in [3.05, 3.63) is 36.0 Å². The lowest BCUT2D eigenvalue weighted by atomic mass is 10.0. The van der Waals surface area contributed by atoms with Crippen LogP contribution in [0.2, 0.25) is 0 Å². The third kappa shape index (κ3) is 4.01. The van der Waals surface area contributed by atoms with Crippen molar-refractivity contribution in [3.8, 4) is 5.75 Å². The number of hydrogen-bond acceptors (Lipinski definition) is 7. The number of fused-ring (bicyclic) bond motifs is 1. The summed E-state index contributed by atoms with van der Waals surface area (Å²) in [5.41, 5.74) is 1.92. The SMILES string of the molecule is CSc1nccc(N2CC[C@@H](Oc3ccc4c(c3)CCC(=O)N4)[C@H](O)C2)n1. The number of nitrogens with zero attached hydrogens (tertiary/aromatic N) is 3. The fourth-order valence-electron chi connectivity index (χ4n) is 3.47. The monoisotopic (exact) mass is 386 g/mol. The van der Waals surface area contributed by atoms with Crippen molar-refractivity contribution in [2.75, 3.05) is 29.6 Å². The molecule has 1 amide bonds. The Bertz CT molecular complexity index is 847. The minimum Gasteiger partial charge on any atom is -0.488 e. The van der Waals surface area contributed by atoms with Crippen LogP contribution >= 0.6 is 11.8 Å². The number of β-amino-alcohol motifs (C(OH)–C–C–N with tert-alkyl or cyclic N) is 1. The van der Waals surface area contributed by atoms with Gasteiger partial charge in [0.1, 0.15) is 23.8 Å². The first kappa shape index (κ1) is 18.1. The highest BCUT2D eigenvalue weighted by atomic mass is 32.2. The largest absolute Gasteiger partial charge is 0.488 e. The molecule has 0 aliphatic carbocycles. The molecule has 3 heterocycles. The van der Waals surface area contributed by atoms with Gasteiger partial charge in [0.2, 0.25) is 5.91 Å². The summed E-state index contributed by atoms with van der Waals surface area (Å²) >= 11 is 1.50. The van der Waals surface area contributed by atoms with Gasteiger partial charge in [-0.1, -0.05) is 11.8 Å². The Morgan fingerprint density at radius 1 is 1.33 bits per heavy atom. The summed E-state index contributed by atoms with van der Waals surface area (Å²) in [7, 11) is 0. The molecule has 0 unspecified atom stereocenters. The van der Waals surface area contributed by atoms with Gasteiger partial charge in [-0.05, 0) is 42.5 Å². The molecule has 2 N–H and O–H groups in total. The number of nitrogens with one attached hydrogen (secondary N) is 1. The third-order valence-electron chi connectivity index (χ3n) is 4.91. The number of hydrogen-bond donors (Lipinski definition) is 2. The smallest absolute Gasteiger partial charge is 0.224 e. The van der Waals surface area contributed by atoms with E-state index in [0.29, 0.717) is 25.8 Å². The Labute approximate surface area is 162 Å². The van der Waals surface area contributed by atoms with Crippen molar-refractivity contribution in [2.45, 2.75) is 36.6 Å². The fraction of sp³-hybridized carbons (Fsp3) is 0.421. The Morgan fingerprint density at radius 3 is 3.04 bits per heavy atom. The highest BCUT2D eigenvalue weighted by Crippen LogP contribution is 2.29. The molecule has 0 radical (unpaired) electrons. The standard InChI is InChI=1S/C19H22N4O3S/c1-27-19-20-8-6-17(22-19)23-9-7-16(15(24)11-23)26-13-3-4-14-12(10-13)2-5-18(25)21-14/h3-4,6,8,10,15-16,24H,2,5,7,9,11H2,1H3,(H,21,25)/t15-,16-/m1/s1. The van der Waals surface area contributed by atoms with Gasteiger partial charge < -0.3 is 20.1 Å². The van der Waals surface area contributed by atoms with E-state index in [1.807, 2.05) is 30.5 Å². The van der Waals surface area contributed by atoms with Crippen molar-refractivity contribution >= 4 is 29.2 Å². The molecule has 7 nitrogen and oxygen atoms in total. The summed E-state index contributed by atoms with van der Waals surface area (Å²) in [4.78, 5) is 22.2. The van der Waals surface area contributed by atoms with Gasteiger partial charge in [-0.15, -0.1) is 0 Å². The number of anilines is 2. The first-order valence-corrected chi connectivity index (χ1v) is 10.2. The number of piperidine rings is 1. The minimum atomic E-state index is -0.609. The number of carbonyl (C=O) groups excluding carboxylic acids is 1. The zero-order valence-electron chi connectivity index (χ0n) is 15.1. The molecule has 0 bridgehead atoms. The van der Waals surface area contributed by atoms with Crippen LogP contribution in [0, 0.1) is 0 Å². The van der Waals surface area contributed by atoms with Crippen LogP contribution in [-0.2, 0) is 11.2 Å². The molecule has 2 aliphatic rings. The van der Waals surface area contributed by atoms with E-state index >= 15 is 0 Å². The molecular formula is C19H22N4O3S. The number of carbonyl (C=O) groups is 1. The molecule has 142 valence electrons. The number of aromatic nitrogens is 2. The fourth-order valence-corrected chi connectivity index (χ4v) is 3.82. The summed E-state index contributed by atoms with van der Waals surface area (Å²) < 4.78 is 6.06. The topological polar surface area (TPSA) is 87.6 Å². The number of amides is 1. The van der Waals surface area contributed by atoms with E-state index < -0.39 is 6.10 Å². The Hall–Kier alpha value is -2.32. The molecule has 1 fully saturated rings. The molecular weight excluding hydrogens is 364 g/mol. The van der Waals surface area contributed by atoms with Crippen LogP contribution in [-0.4, -0.2) is 52.5 Å². The lowest BCUT2D eigenvalue weighted by Crippen LogP contribution is -2.49. The highest BCUT2D eigenvalue weighted by Gasteiger charge is 2.30. The van der Waals surface area contributed by atoms with Crippen LogP contribution in [0.15, 0.2) is 35.6 Å². The predicted molar refractivity (Wildman–Crippen MR) is 104 cm³/mol. The van der Waals surface area contributed by atoms with Gasteiger partial charge in [0.15, 0.2) is 5.16 Å². The maximum Gasteiger partial charge on any atom is 0.224 e. The summed E-state index contributed by atoms with van der Waals surface area (Å²) in [6.07, 6.45) is 4.72. The molecule has 2 atom stereocenters. The van der Waals surface area contributed by atoms with Gasteiger partial charge in [-0.3, -0.25) is 4.79 Å². The Kier molecular flexibility index (Phi) is 5.18. The quantitative estimate of drug-likeness (QED) is 0.615. The number of benzene rings is 1. The number of aliphatic hydroxyl groups excluding tert-OH is 1. The van der Waals surface area contributed by atoms with Crippen molar-refractivity contribution in [1.29, 1.82) is 0 Å². The van der Waals surface area contributed by atoms with Gasteiger partial charge in [-0.2, -0.15) is 0 Å². The average Bonchev–Trinajstić information content (AvgIpc) is 2.69. The number of aliphatic hydroxyl groups is 1. The van der Waals surface area contributed by atoms with Crippen LogP contribution in [0.1, 0.15) is 18.4 Å². The van der Waals surface area contributed by atoms with Crippen LogP contribution < -0.4 is 15.0 Å². The number of thioether (sulfide) groups is 1. The van der Waals surface area contributed by atoms with Gasteiger partial charge in [-0.25, -0.2) is 9.97 Å². The molecule has 0 spiro atoms. The summed E-state index contributed by atoms with van der Waals surface area (Å²) in [5, 5.41) is 14.2. The molecule has 8 heteroatoms. The van der Waals surface area contributed by atoms with Crippen molar-refractivity contribution in [3.63, 3.8) is 0 Å². The molecule has 1 aromatic carbocycles. The molecule has 1 aromatic heterocycles. The second-order valence-corrected chi connectivity index (χ2v) is 7.50. The predicted octanol–water partition coefficient (Wildman–Crippen LogP) is 2.10. The summed E-state index contributed by atoms with van der Waals surface area (Å²) in [6, 6.07) is 7.54. The second-order valence-electron chi connectivity index (χ2n) is 6.73. The first-order valence-electron chi connectivity index (χ1n) is 9.02. The van der Waals surface area contributed by atoms with Gasteiger partial charge in [0.25, 0.3) is 0 Å². The first-order chi connectivity index (χ1) is 13.1.